The van der Waals surface area contributed by atoms with Crippen LogP contribution >= 0.6 is 0 Å². The van der Waals surface area contributed by atoms with Crippen molar-refractivity contribution in [2.45, 2.75) is 26.8 Å². The van der Waals surface area contributed by atoms with E-state index < -0.39 is 0 Å². The van der Waals surface area contributed by atoms with Crippen LogP contribution in [0.15, 0.2) is 36.4 Å². The second-order valence-electron chi connectivity index (χ2n) is 4.93. The Hall–Kier alpha value is -1.71. The van der Waals surface area contributed by atoms with E-state index in [1.165, 1.54) is 6.07 Å². The van der Waals surface area contributed by atoms with Gasteiger partial charge in [-0.1, -0.05) is 35.9 Å². The number of nitrogens with two attached hydrogens (primary N) is 1. The summed E-state index contributed by atoms with van der Waals surface area (Å²) >= 11 is 0. The summed E-state index contributed by atoms with van der Waals surface area (Å²) in [5, 5.41) is 0. The molecule has 2 aromatic rings. The third-order valence-corrected chi connectivity index (χ3v) is 3.46. The maximum Gasteiger partial charge on any atom is 0.128 e. The van der Waals surface area contributed by atoms with E-state index in [9.17, 15) is 4.39 Å². The first-order valence-corrected chi connectivity index (χ1v) is 6.33. The second-order valence-corrected chi connectivity index (χ2v) is 4.93. The lowest BCUT2D eigenvalue weighted by molar-refractivity contribution is 0.557. The largest absolute Gasteiger partial charge is 0.271 e. The molecule has 2 rings (SSSR count). The zero-order valence-corrected chi connectivity index (χ0v) is 11.5. The molecule has 0 heterocycles. The summed E-state index contributed by atoms with van der Waals surface area (Å²) in [6.07, 6.45) is 0. The molecule has 3 N–H and O–H groups in total. The maximum absolute atomic E-state index is 14.1. The smallest absolute Gasteiger partial charge is 0.128 e. The molecule has 2 nitrogen and oxygen atoms in total. The summed E-state index contributed by atoms with van der Waals surface area (Å²) in [6, 6.07) is 10.8. The highest BCUT2D eigenvalue weighted by Crippen LogP contribution is 2.29. The molecule has 2 aromatic carbocycles. The molecule has 0 amide bonds. The first-order chi connectivity index (χ1) is 9.04. The van der Waals surface area contributed by atoms with Crippen LogP contribution in [0, 0.1) is 26.6 Å². The van der Waals surface area contributed by atoms with Crippen molar-refractivity contribution in [1.29, 1.82) is 0 Å². The van der Waals surface area contributed by atoms with Gasteiger partial charge in [0.2, 0.25) is 0 Å². The van der Waals surface area contributed by atoms with Crippen LogP contribution in [-0.2, 0) is 0 Å². The van der Waals surface area contributed by atoms with E-state index in [1.54, 1.807) is 6.07 Å². The Balaban J connectivity index is 2.59. The zero-order valence-electron chi connectivity index (χ0n) is 11.5. The molecule has 19 heavy (non-hydrogen) atoms. The first kappa shape index (κ1) is 13.7. The van der Waals surface area contributed by atoms with Crippen LogP contribution in [0.3, 0.4) is 0 Å². The molecule has 0 aliphatic rings. The van der Waals surface area contributed by atoms with Gasteiger partial charge in [0, 0.05) is 5.56 Å². The van der Waals surface area contributed by atoms with E-state index in [-0.39, 0.29) is 11.9 Å². The third-order valence-electron chi connectivity index (χ3n) is 3.46. The number of nitrogens with one attached hydrogen (secondary N) is 1. The second kappa shape index (κ2) is 5.51. The van der Waals surface area contributed by atoms with Gasteiger partial charge in [-0.15, -0.1) is 0 Å². The molecule has 0 spiro atoms. The minimum atomic E-state index is -0.332. The highest BCUT2D eigenvalue weighted by Gasteiger charge is 2.20. The molecule has 0 fully saturated rings. The van der Waals surface area contributed by atoms with Crippen molar-refractivity contribution in [3.05, 3.63) is 70.0 Å². The SMILES string of the molecule is Cc1ccc(F)c(C(NN)c2c(C)cccc2C)c1. The molecule has 1 unspecified atom stereocenters. The Kier molecular flexibility index (Phi) is 3.98. The summed E-state index contributed by atoms with van der Waals surface area (Å²) in [5.41, 5.74) is 7.58. The number of hydrazine groups is 1. The van der Waals surface area contributed by atoms with Crippen LogP contribution in [0.25, 0.3) is 0 Å². The topological polar surface area (TPSA) is 38.0 Å². The van der Waals surface area contributed by atoms with Gasteiger partial charge in [-0.2, -0.15) is 0 Å². The van der Waals surface area contributed by atoms with Gasteiger partial charge >= 0.3 is 0 Å². The predicted molar refractivity (Wildman–Crippen MR) is 76.2 cm³/mol. The van der Waals surface area contributed by atoms with Gasteiger partial charge in [0.05, 0.1) is 6.04 Å². The Morgan fingerprint density at radius 2 is 1.68 bits per heavy atom. The van der Waals surface area contributed by atoms with Crippen LogP contribution in [0.5, 0.6) is 0 Å². The lowest BCUT2D eigenvalue weighted by Gasteiger charge is -2.22. The molecule has 1 atom stereocenters. The van der Waals surface area contributed by atoms with Crippen molar-refractivity contribution in [2.24, 2.45) is 5.84 Å². The lowest BCUT2D eigenvalue weighted by atomic mass is 9.91. The predicted octanol–water partition coefficient (Wildman–Crippen LogP) is 3.30. The number of hydrogen-bond acceptors (Lipinski definition) is 2. The number of benzene rings is 2. The van der Waals surface area contributed by atoms with Crippen LogP contribution in [0.4, 0.5) is 4.39 Å². The molecule has 0 aliphatic heterocycles. The third kappa shape index (κ3) is 2.67. The number of rotatable bonds is 3. The van der Waals surface area contributed by atoms with Crippen molar-refractivity contribution in [3.63, 3.8) is 0 Å². The monoisotopic (exact) mass is 258 g/mol. The molecular weight excluding hydrogens is 239 g/mol. The van der Waals surface area contributed by atoms with Crippen LogP contribution in [0.2, 0.25) is 0 Å². The van der Waals surface area contributed by atoms with E-state index >= 15 is 0 Å². The molecule has 0 aromatic heterocycles. The maximum atomic E-state index is 14.1. The van der Waals surface area contributed by atoms with Crippen LogP contribution in [0.1, 0.15) is 33.9 Å². The lowest BCUT2D eigenvalue weighted by Crippen LogP contribution is -2.30. The highest BCUT2D eigenvalue weighted by atomic mass is 19.1. The summed E-state index contributed by atoms with van der Waals surface area (Å²) < 4.78 is 14.1. The van der Waals surface area contributed by atoms with Crippen LogP contribution < -0.4 is 11.3 Å². The highest BCUT2D eigenvalue weighted by molar-refractivity contribution is 5.43. The molecule has 0 saturated carbocycles. The molecular formula is C16H19FN2. The first-order valence-electron chi connectivity index (χ1n) is 6.33. The molecule has 100 valence electrons. The van der Waals surface area contributed by atoms with Crippen molar-refractivity contribution in [1.82, 2.24) is 5.43 Å². The Labute approximate surface area is 113 Å². The Morgan fingerprint density at radius 3 is 2.26 bits per heavy atom. The summed E-state index contributed by atoms with van der Waals surface area (Å²) in [6.45, 7) is 5.97. The minimum Gasteiger partial charge on any atom is -0.271 e. The quantitative estimate of drug-likeness (QED) is 0.655. The summed E-state index contributed by atoms with van der Waals surface area (Å²) in [4.78, 5) is 0. The van der Waals surface area contributed by atoms with E-state index in [2.05, 4.69) is 5.43 Å². The molecule has 0 saturated heterocycles. The van der Waals surface area contributed by atoms with Crippen molar-refractivity contribution < 1.29 is 4.39 Å². The van der Waals surface area contributed by atoms with Crippen molar-refractivity contribution >= 4 is 0 Å². The molecule has 0 bridgehead atoms. The van der Waals surface area contributed by atoms with E-state index in [4.69, 9.17) is 5.84 Å². The molecule has 3 heteroatoms. The number of aryl methyl sites for hydroxylation is 3. The van der Waals surface area contributed by atoms with E-state index in [1.807, 2.05) is 45.0 Å². The average Bonchev–Trinajstić information content (AvgIpc) is 2.37. The summed E-state index contributed by atoms with van der Waals surface area (Å²) in [7, 11) is 0. The Bertz CT molecular complexity index is 573. The van der Waals surface area contributed by atoms with Crippen molar-refractivity contribution in [3.8, 4) is 0 Å². The minimum absolute atomic E-state index is 0.240. The van der Waals surface area contributed by atoms with Gasteiger partial charge < -0.3 is 0 Å². The van der Waals surface area contributed by atoms with E-state index in [0.29, 0.717) is 5.56 Å². The van der Waals surface area contributed by atoms with Gasteiger partial charge in [-0.05, 0) is 43.5 Å². The van der Waals surface area contributed by atoms with Gasteiger partial charge in [-0.3, -0.25) is 5.84 Å². The number of hydrogen-bond donors (Lipinski definition) is 2. The van der Waals surface area contributed by atoms with Gasteiger partial charge in [0.15, 0.2) is 0 Å². The fourth-order valence-corrected chi connectivity index (χ4v) is 2.50. The van der Waals surface area contributed by atoms with Gasteiger partial charge in [0.25, 0.3) is 0 Å². The molecule has 0 radical (unpaired) electrons. The average molecular weight is 258 g/mol. The van der Waals surface area contributed by atoms with E-state index in [0.717, 1.165) is 22.3 Å². The van der Waals surface area contributed by atoms with Crippen molar-refractivity contribution in [2.75, 3.05) is 0 Å². The number of halogens is 1. The van der Waals surface area contributed by atoms with Gasteiger partial charge in [-0.25, -0.2) is 9.82 Å². The normalized spacial score (nSPS) is 12.5. The zero-order chi connectivity index (χ0) is 14.0. The van der Waals surface area contributed by atoms with Gasteiger partial charge in [0.1, 0.15) is 5.82 Å². The molecule has 0 aliphatic carbocycles. The fourth-order valence-electron chi connectivity index (χ4n) is 2.50. The summed E-state index contributed by atoms with van der Waals surface area (Å²) in [5.74, 6) is 5.44. The fraction of sp³-hybridized carbons (Fsp3) is 0.250. The Morgan fingerprint density at radius 1 is 1.05 bits per heavy atom. The van der Waals surface area contributed by atoms with Crippen LogP contribution in [-0.4, -0.2) is 0 Å². The standard InChI is InChI=1S/C16H19FN2/c1-10-7-8-14(17)13(9-10)16(19-18)15-11(2)5-4-6-12(15)3/h4-9,16,19H,18H2,1-3H3.